The highest BCUT2D eigenvalue weighted by atomic mass is 16.3. The lowest BCUT2D eigenvalue weighted by Crippen LogP contribution is -1.94. The fourth-order valence-corrected chi connectivity index (χ4v) is 7.06. The fourth-order valence-electron chi connectivity index (χ4n) is 7.06. The number of hydrogen-bond donors (Lipinski definition) is 0. The van der Waals surface area contributed by atoms with Gasteiger partial charge >= 0.3 is 0 Å². The zero-order valence-electron chi connectivity index (χ0n) is 38.7. The SMILES string of the molecule is [2H]c1c([2H])c([2H])c(-c2c([2H])c([2H])c(-c3c([2H])c([2H])c([2H])c([2H])c3[2H])c(-c3c4ccccc4c(-c4cccc5oc6cc7ccccc7cc6c45)c4ccccc34)c2[2H])c([2H])c1[2H]. The molecule has 1 nitrogen and oxygen atoms in total. The average molecular weight is 636 g/mol. The third-order valence-electron chi connectivity index (χ3n) is 9.13. The first-order valence-electron chi connectivity index (χ1n) is 22.3. The molecule has 0 saturated heterocycles. The molecule has 49 heavy (non-hydrogen) atoms. The summed E-state index contributed by atoms with van der Waals surface area (Å²) in [5.41, 5.74) is 1.62. The molecule has 1 aromatic heterocycles. The highest BCUT2D eigenvalue weighted by molar-refractivity contribution is 6.26. The van der Waals surface area contributed by atoms with Gasteiger partial charge in [-0.3, -0.25) is 0 Å². The van der Waals surface area contributed by atoms with E-state index in [1.165, 1.54) is 0 Å². The first kappa shape index (κ1) is 17.6. The lowest BCUT2D eigenvalue weighted by molar-refractivity contribution is 0.669. The summed E-state index contributed by atoms with van der Waals surface area (Å²) in [5.74, 6) is 0. The minimum Gasteiger partial charge on any atom is -0.456 e. The number of hydrogen-bond acceptors (Lipinski definition) is 1. The molecule has 228 valence electrons. The minimum atomic E-state index is -0.713. The third kappa shape index (κ3) is 4.40. The molecule has 10 rings (SSSR count). The Balaban J connectivity index is 1.42. The summed E-state index contributed by atoms with van der Waals surface area (Å²) in [7, 11) is 0. The van der Waals surface area contributed by atoms with Gasteiger partial charge in [0.15, 0.2) is 0 Å². The van der Waals surface area contributed by atoms with E-state index < -0.39 is 95.2 Å². The molecule has 0 amide bonds. The van der Waals surface area contributed by atoms with Gasteiger partial charge in [-0.1, -0.05) is 157 Å². The molecular weight excluding hydrogens is 593 g/mol. The molecule has 0 aliphatic carbocycles. The maximum Gasteiger partial charge on any atom is 0.136 e. The second-order valence-electron chi connectivity index (χ2n) is 11.8. The number of benzene rings is 9. The van der Waals surface area contributed by atoms with Crippen molar-refractivity contribution in [3.8, 4) is 44.5 Å². The normalized spacial score (nSPS) is 15.4. The van der Waals surface area contributed by atoms with Gasteiger partial charge in [-0.15, -0.1) is 0 Å². The minimum absolute atomic E-state index is 0.108. The van der Waals surface area contributed by atoms with Crippen molar-refractivity contribution in [3.05, 3.63) is 182 Å². The highest BCUT2D eigenvalue weighted by Crippen LogP contribution is 2.49. The van der Waals surface area contributed by atoms with E-state index in [0.29, 0.717) is 38.3 Å². The van der Waals surface area contributed by atoms with Crippen molar-refractivity contribution in [2.24, 2.45) is 0 Å². The Morgan fingerprint density at radius 2 is 0.959 bits per heavy atom. The van der Waals surface area contributed by atoms with E-state index in [-0.39, 0.29) is 11.1 Å². The Hall–Kier alpha value is -6.44. The van der Waals surface area contributed by atoms with Crippen molar-refractivity contribution in [3.63, 3.8) is 0 Å². The Morgan fingerprint density at radius 1 is 0.388 bits per heavy atom. The van der Waals surface area contributed by atoms with Crippen LogP contribution in [0.4, 0.5) is 0 Å². The van der Waals surface area contributed by atoms with Crippen molar-refractivity contribution < 1.29 is 22.2 Å². The van der Waals surface area contributed by atoms with Crippen LogP contribution >= 0.6 is 0 Å². The number of furan rings is 1. The van der Waals surface area contributed by atoms with Gasteiger partial charge in [0.2, 0.25) is 0 Å². The zero-order valence-corrected chi connectivity index (χ0v) is 25.7. The van der Waals surface area contributed by atoms with Gasteiger partial charge in [-0.05, 0) is 101 Å². The van der Waals surface area contributed by atoms with Crippen molar-refractivity contribution in [2.75, 3.05) is 0 Å². The van der Waals surface area contributed by atoms with Crippen molar-refractivity contribution >= 4 is 54.3 Å². The predicted octanol–water partition coefficient (Wildman–Crippen LogP) is 13.7. The van der Waals surface area contributed by atoms with E-state index in [0.717, 1.165) is 32.7 Å². The van der Waals surface area contributed by atoms with E-state index in [2.05, 4.69) is 6.07 Å². The first-order valence-corrected chi connectivity index (χ1v) is 15.8. The van der Waals surface area contributed by atoms with Crippen LogP contribution in [-0.4, -0.2) is 0 Å². The van der Waals surface area contributed by atoms with Crippen molar-refractivity contribution in [1.29, 1.82) is 0 Å². The molecule has 0 spiro atoms. The van der Waals surface area contributed by atoms with Crippen LogP contribution in [0.15, 0.2) is 186 Å². The van der Waals surface area contributed by atoms with Crippen molar-refractivity contribution in [1.82, 2.24) is 0 Å². The monoisotopic (exact) mass is 635 g/mol. The van der Waals surface area contributed by atoms with Gasteiger partial charge in [0, 0.05) is 10.8 Å². The fraction of sp³-hybridized carbons (Fsp3) is 0. The molecule has 0 fully saturated rings. The van der Waals surface area contributed by atoms with Crippen LogP contribution in [0.3, 0.4) is 0 Å². The third-order valence-corrected chi connectivity index (χ3v) is 9.13. The Labute approximate surface area is 302 Å². The molecule has 0 bridgehead atoms. The average Bonchev–Trinajstić information content (AvgIpc) is 3.65. The largest absolute Gasteiger partial charge is 0.456 e. The maximum absolute atomic E-state index is 10.0. The van der Waals surface area contributed by atoms with Gasteiger partial charge in [0.05, 0.1) is 17.8 Å². The van der Waals surface area contributed by atoms with E-state index in [9.17, 15) is 4.11 Å². The molecule has 0 aliphatic rings. The quantitative estimate of drug-likeness (QED) is 0.175. The van der Waals surface area contributed by atoms with Gasteiger partial charge in [0.25, 0.3) is 0 Å². The lowest BCUT2D eigenvalue weighted by atomic mass is 9.82. The summed E-state index contributed by atoms with van der Waals surface area (Å²) in [4.78, 5) is 0. The zero-order chi connectivity index (χ0) is 43.6. The van der Waals surface area contributed by atoms with Gasteiger partial charge in [-0.25, -0.2) is 0 Å². The van der Waals surface area contributed by atoms with Crippen molar-refractivity contribution in [2.45, 2.75) is 0 Å². The molecule has 10 aromatic rings. The summed E-state index contributed by atoms with van der Waals surface area (Å²) >= 11 is 0. The van der Waals surface area contributed by atoms with Crippen LogP contribution in [0.1, 0.15) is 17.8 Å². The van der Waals surface area contributed by atoms with Crippen LogP contribution < -0.4 is 0 Å². The Kier molecular flexibility index (Phi) is 3.99. The van der Waals surface area contributed by atoms with E-state index in [1.807, 2.05) is 84.9 Å². The molecule has 0 N–H and O–H groups in total. The second kappa shape index (κ2) is 11.1. The first-order chi connectivity index (χ1) is 29.7. The standard InChI is InChI=1S/C48H30O/c1-3-14-31(15-4-1)35-26-27-36(32-16-5-2-6-17-32)42(28-35)47-39-22-11-9-20-37(39)46(38-21-10-12-23-40(38)47)41-24-13-25-44-48(41)43-29-33-18-7-8-19-34(33)30-45(43)49-44/h1-30H/i1D,2D,3D,4D,5D,6D,14D,15D,16D,17D,26D,27D,28D. The molecule has 1 heteroatoms. The number of fused-ring (bicyclic) bond motifs is 6. The molecule has 0 unspecified atom stereocenters. The van der Waals surface area contributed by atoms with E-state index in [1.54, 1.807) is 12.1 Å². The summed E-state index contributed by atoms with van der Waals surface area (Å²) < 4.78 is 122. The van der Waals surface area contributed by atoms with Crippen LogP contribution in [0.2, 0.25) is 0 Å². The van der Waals surface area contributed by atoms with Crippen LogP contribution in [0.5, 0.6) is 0 Å². The Morgan fingerprint density at radius 3 is 1.61 bits per heavy atom. The smallest absolute Gasteiger partial charge is 0.136 e. The van der Waals surface area contributed by atoms with Crippen LogP contribution in [0, 0.1) is 0 Å². The van der Waals surface area contributed by atoms with Gasteiger partial charge in [-0.2, -0.15) is 0 Å². The molecular formula is C48H30O. The predicted molar refractivity (Wildman–Crippen MR) is 208 cm³/mol. The van der Waals surface area contributed by atoms with Gasteiger partial charge in [0.1, 0.15) is 11.2 Å². The highest BCUT2D eigenvalue weighted by Gasteiger charge is 2.22. The second-order valence-corrected chi connectivity index (χ2v) is 11.8. The van der Waals surface area contributed by atoms with Crippen LogP contribution in [-0.2, 0) is 0 Å². The molecule has 1 heterocycles. The maximum atomic E-state index is 10.0. The van der Waals surface area contributed by atoms with E-state index in [4.69, 9.17) is 18.1 Å². The molecule has 0 aliphatic heterocycles. The number of rotatable bonds is 4. The summed E-state index contributed by atoms with van der Waals surface area (Å²) in [6.45, 7) is 0. The van der Waals surface area contributed by atoms with Gasteiger partial charge < -0.3 is 4.42 Å². The molecule has 0 saturated carbocycles. The lowest BCUT2D eigenvalue weighted by Gasteiger charge is -2.21. The molecule has 9 aromatic carbocycles. The summed E-state index contributed by atoms with van der Waals surface area (Å²) in [5, 5.41) is 6.30. The molecule has 0 atom stereocenters. The summed E-state index contributed by atoms with van der Waals surface area (Å²) in [6, 6.07) is 24.2. The Bertz CT molecular complexity index is 3510. The van der Waals surface area contributed by atoms with Crippen LogP contribution in [0.25, 0.3) is 98.8 Å². The van der Waals surface area contributed by atoms with E-state index >= 15 is 0 Å². The topological polar surface area (TPSA) is 13.1 Å². The molecule has 0 radical (unpaired) electrons. The summed E-state index contributed by atoms with van der Waals surface area (Å²) in [6.07, 6.45) is 0.